The van der Waals surface area contributed by atoms with Gasteiger partial charge in [-0.2, -0.15) is 0 Å². The van der Waals surface area contributed by atoms with E-state index in [9.17, 15) is 14.4 Å². The molecule has 8 nitrogen and oxygen atoms in total. The summed E-state index contributed by atoms with van der Waals surface area (Å²) in [5.41, 5.74) is 0.570. The van der Waals surface area contributed by atoms with Gasteiger partial charge in [-0.3, -0.25) is 25.0 Å². The second-order valence-corrected chi connectivity index (χ2v) is 5.82. The van der Waals surface area contributed by atoms with Gasteiger partial charge in [-0.15, -0.1) is 0 Å². The molecule has 0 unspecified atom stereocenters. The standard InChI is InChI=1S/C18H14N4O4S/c23-15(20-14-3-1-2-8-19-14)10-26-12-6-4-11(5-7-12)9-13-16(24)21-18(27)22-17(13)25/h1-9H,10H2,(H,19,20,23)(H2,21,22,24,25,27). The van der Waals surface area contributed by atoms with Crippen LogP contribution in [0, 0.1) is 0 Å². The molecule has 0 bridgehead atoms. The molecule has 1 saturated heterocycles. The molecule has 2 aromatic rings. The summed E-state index contributed by atoms with van der Waals surface area (Å²) in [6, 6.07) is 11.8. The topological polar surface area (TPSA) is 109 Å². The molecule has 3 N–H and O–H groups in total. The maximum atomic E-state index is 11.8. The Hall–Kier alpha value is -3.59. The first-order valence-corrected chi connectivity index (χ1v) is 8.24. The van der Waals surface area contributed by atoms with E-state index in [2.05, 4.69) is 20.9 Å². The van der Waals surface area contributed by atoms with E-state index in [0.717, 1.165) is 0 Å². The van der Waals surface area contributed by atoms with Crippen LogP contribution in [0.25, 0.3) is 6.08 Å². The van der Waals surface area contributed by atoms with E-state index in [4.69, 9.17) is 17.0 Å². The average Bonchev–Trinajstić information content (AvgIpc) is 2.65. The zero-order valence-corrected chi connectivity index (χ0v) is 14.7. The highest BCUT2D eigenvalue weighted by Crippen LogP contribution is 2.15. The highest BCUT2D eigenvalue weighted by atomic mass is 32.1. The lowest BCUT2D eigenvalue weighted by Gasteiger charge is -2.16. The Bertz CT molecular complexity index is 904. The molecule has 9 heteroatoms. The third-order valence-corrected chi connectivity index (χ3v) is 3.64. The number of carbonyl (C=O) groups is 3. The van der Waals surface area contributed by atoms with E-state index >= 15 is 0 Å². The Kier molecular flexibility index (Phi) is 5.53. The fourth-order valence-corrected chi connectivity index (χ4v) is 2.38. The van der Waals surface area contributed by atoms with Crippen LogP contribution in [0.3, 0.4) is 0 Å². The van der Waals surface area contributed by atoms with Crippen molar-refractivity contribution in [3.05, 3.63) is 59.8 Å². The third-order valence-electron chi connectivity index (χ3n) is 3.44. The van der Waals surface area contributed by atoms with Gasteiger partial charge in [-0.1, -0.05) is 18.2 Å². The minimum Gasteiger partial charge on any atom is -0.484 e. The number of amides is 3. The molecule has 0 radical (unpaired) electrons. The van der Waals surface area contributed by atoms with E-state index in [1.54, 1.807) is 48.7 Å². The van der Waals surface area contributed by atoms with Gasteiger partial charge in [-0.05, 0) is 48.1 Å². The Morgan fingerprint density at radius 3 is 2.44 bits per heavy atom. The number of carbonyl (C=O) groups excluding carboxylic acids is 3. The largest absolute Gasteiger partial charge is 0.484 e. The summed E-state index contributed by atoms with van der Waals surface area (Å²) < 4.78 is 5.41. The number of anilines is 1. The first-order valence-electron chi connectivity index (χ1n) is 7.83. The highest BCUT2D eigenvalue weighted by molar-refractivity contribution is 7.80. The maximum Gasteiger partial charge on any atom is 0.263 e. The number of aromatic nitrogens is 1. The third kappa shape index (κ3) is 4.95. The second kappa shape index (κ2) is 8.19. The number of nitrogens with one attached hydrogen (secondary N) is 3. The molecule has 2 heterocycles. The zero-order valence-electron chi connectivity index (χ0n) is 13.9. The Morgan fingerprint density at radius 1 is 1.11 bits per heavy atom. The summed E-state index contributed by atoms with van der Waals surface area (Å²) in [5.74, 6) is -0.555. The molecule has 136 valence electrons. The molecule has 1 fully saturated rings. The molecule has 1 aromatic heterocycles. The van der Waals surface area contributed by atoms with Crippen molar-refractivity contribution in [2.45, 2.75) is 0 Å². The minimum absolute atomic E-state index is 0.0186. The molecule has 1 aliphatic rings. The number of nitrogens with zero attached hydrogens (tertiary/aromatic N) is 1. The summed E-state index contributed by atoms with van der Waals surface area (Å²) in [6.45, 7) is -0.181. The van der Waals surface area contributed by atoms with Crippen LogP contribution >= 0.6 is 12.2 Å². The summed E-state index contributed by atoms with van der Waals surface area (Å²) >= 11 is 4.74. The Morgan fingerprint density at radius 2 is 1.81 bits per heavy atom. The van der Waals surface area contributed by atoms with Crippen LogP contribution in [-0.2, 0) is 14.4 Å². The lowest BCUT2D eigenvalue weighted by molar-refractivity contribution is -0.123. The van der Waals surface area contributed by atoms with Gasteiger partial charge in [0.25, 0.3) is 17.7 Å². The average molecular weight is 382 g/mol. The van der Waals surface area contributed by atoms with Gasteiger partial charge in [-0.25, -0.2) is 4.98 Å². The lowest BCUT2D eigenvalue weighted by Crippen LogP contribution is -2.51. The Labute approximate surface area is 159 Å². The van der Waals surface area contributed by atoms with Gasteiger partial charge in [0.15, 0.2) is 11.7 Å². The van der Waals surface area contributed by atoms with E-state index < -0.39 is 11.8 Å². The molecule has 3 amide bonds. The summed E-state index contributed by atoms with van der Waals surface area (Å²) in [6.07, 6.45) is 3.01. The highest BCUT2D eigenvalue weighted by Gasteiger charge is 2.25. The molecule has 3 rings (SSSR count). The molecule has 1 aromatic carbocycles. The SMILES string of the molecule is O=C(COc1ccc(C=C2C(=O)NC(=S)NC2=O)cc1)Nc1ccccn1. The predicted molar refractivity (Wildman–Crippen MR) is 102 cm³/mol. The van der Waals surface area contributed by atoms with Crippen LogP contribution in [-0.4, -0.2) is 34.4 Å². The number of benzene rings is 1. The molecule has 0 spiro atoms. The van der Waals surface area contributed by atoms with Crippen molar-refractivity contribution in [2.75, 3.05) is 11.9 Å². The smallest absolute Gasteiger partial charge is 0.263 e. The lowest BCUT2D eigenvalue weighted by atomic mass is 10.1. The monoisotopic (exact) mass is 382 g/mol. The number of hydrogen-bond acceptors (Lipinski definition) is 6. The number of pyridine rings is 1. The number of hydrogen-bond donors (Lipinski definition) is 3. The molecular formula is C18H14N4O4S. The van der Waals surface area contributed by atoms with Crippen molar-refractivity contribution in [3.8, 4) is 5.75 Å². The first kappa shape index (κ1) is 18.2. The fourth-order valence-electron chi connectivity index (χ4n) is 2.20. The molecule has 1 aliphatic heterocycles. The van der Waals surface area contributed by atoms with Gasteiger partial charge in [0.2, 0.25) is 0 Å². The van der Waals surface area contributed by atoms with Crippen LogP contribution in [0.4, 0.5) is 5.82 Å². The number of rotatable bonds is 5. The van der Waals surface area contributed by atoms with Crippen LogP contribution in [0.2, 0.25) is 0 Å². The first-order chi connectivity index (χ1) is 13.0. The van der Waals surface area contributed by atoms with Gasteiger partial charge in [0, 0.05) is 6.20 Å². The molecule has 0 aliphatic carbocycles. The van der Waals surface area contributed by atoms with Crippen LogP contribution in [0.15, 0.2) is 54.2 Å². The molecule has 0 saturated carbocycles. The number of ether oxygens (including phenoxy) is 1. The van der Waals surface area contributed by atoms with E-state index in [1.165, 1.54) is 6.08 Å². The Balaban J connectivity index is 1.58. The minimum atomic E-state index is -0.560. The summed E-state index contributed by atoms with van der Waals surface area (Å²) in [5, 5.41) is 7.31. The number of thiocarbonyl (C=S) groups is 1. The van der Waals surface area contributed by atoms with Gasteiger partial charge >= 0.3 is 0 Å². The van der Waals surface area contributed by atoms with E-state index in [-0.39, 0.29) is 23.2 Å². The quantitative estimate of drug-likeness (QED) is 0.405. The van der Waals surface area contributed by atoms with Crippen LogP contribution in [0.1, 0.15) is 5.56 Å². The van der Waals surface area contributed by atoms with Gasteiger partial charge < -0.3 is 10.1 Å². The zero-order chi connectivity index (χ0) is 19.2. The van der Waals surface area contributed by atoms with Crippen LogP contribution in [0.5, 0.6) is 5.75 Å². The van der Waals surface area contributed by atoms with Crippen molar-refractivity contribution in [1.82, 2.24) is 15.6 Å². The van der Waals surface area contributed by atoms with Crippen molar-refractivity contribution in [1.29, 1.82) is 0 Å². The molecular weight excluding hydrogens is 368 g/mol. The normalized spacial score (nSPS) is 13.5. The summed E-state index contributed by atoms with van der Waals surface area (Å²) in [7, 11) is 0. The van der Waals surface area contributed by atoms with Gasteiger partial charge in [0.05, 0.1) is 0 Å². The maximum absolute atomic E-state index is 11.8. The van der Waals surface area contributed by atoms with Crippen molar-refractivity contribution < 1.29 is 19.1 Å². The fraction of sp³-hybridized carbons (Fsp3) is 0.0556. The van der Waals surface area contributed by atoms with E-state index in [1.807, 2.05) is 0 Å². The molecule has 0 atom stereocenters. The summed E-state index contributed by atoms with van der Waals surface area (Å²) in [4.78, 5) is 39.4. The molecule has 27 heavy (non-hydrogen) atoms. The van der Waals surface area contributed by atoms with E-state index in [0.29, 0.717) is 17.1 Å². The van der Waals surface area contributed by atoms with Crippen molar-refractivity contribution >= 4 is 46.9 Å². The van der Waals surface area contributed by atoms with Gasteiger partial charge in [0.1, 0.15) is 17.1 Å². The van der Waals surface area contributed by atoms with Crippen molar-refractivity contribution in [2.24, 2.45) is 0 Å². The van der Waals surface area contributed by atoms with Crippen molar-refractivity contribution in [3.63, 3.8) is 0 Å². The van der Waals surface area contributed by atoms with Crippen LogP contribution < -0.4 is 20.7 Å². The second-order valence-electron chi connectivity index (χ2n) is 5.42. The predicted octanol–water partition coefficient (Wildman–Crippen LogP) is 1.01.